The molecule has 0 fully saturated rings. The molecule has 3 aromatic rings. The Labute approximate surface area is 217 Å². The average molecular weight is 507 g/mol. The smallest absolute Gasteiger partial charge is 0.214 e. The molecule has 0 spiro atoms. The van der Waals surface area contributed by atoms with Gasteiger partial charge in [0.2, 0.25) is 6.23 Å². The van der Waals surface area contributed by atoms with Crippen molar-refractivity contribution in [3.8, 4) is 23.0 Å². The van der Waals surface area contributed by atoms with Crippen molar-refractivity contribution in [2.75, 3.05) is 20.3 Å². The third kappa shape index (κ3) is 4.82. The number of hydrazone groups is 1. The molecule has 2 atom stereocenters. The van der Waals surface area contributed by atoms with Crippen molar-refractivity contribution in [3.05, 3.63) is 82.4 Å². The number of hydrogen-bond acceptors (Lipinski definition) is 6. The Morgan fingerprint density at radius 1 is 1.00 bits per heavy atom. The minimum atomic E-state index is -0.414. The zero-order valence-corrected chi connectivity index (χ0v) is 21.6. The molecule has 0 N–H and O–H groups in total. The summed E-state index contributed by atoms with van der Waals surface area (Å²) >= 11 is 6.37. The van der Waals surface area contributed by atoms with E-state index in [0.717, 1.165) is 58.9 Å². The van der Waals surface area contributed by atoms with Crippen LogP contribution in [0.5, 0.6) is 23.0 Å². The summed E-state index contributed by atoms with van der Waals surface area (Å²) in [6.07, 6.45) is 2.40. The molecule has 2 aliphatic heterocycles. The molecular weight excluding hydrogens is 476 g/mol. The van der Waals surface area contributed by atoms with Gasteiger partial charge in [0.25, 0.3) is 0 Å². The van der Waals surface area contributed by atoms with E-state index in [9.17, 15) is 0 Å². The van der Waals surface area contributed by atoms with Crippen molar-refractivity contribution in [2.24, 2.45) is 5.10 Å². The first-order chi connectivity index (χ1) is 17.6. The maximum absolute atomic E-state index is 6.50. The van der Waals surface area contributed by atoms with Gasteiger partial charge in [0, 0.05) is 22.6 Å². The zero-order valence-electron chi connectivity index (χ0n) is 20.9. The zero-order chi connectivity index (χ0) is 25.1. The monoisotopic (exact) mass is 506 g/mol. The van der Waals surface area contributed by atoms with Gasteiger partial charge in [-0.15, -0.1) is 0 Å². The number of halogens is 1. The molecule has 188 valence electrons. The van der Waals surface area contributed by atoms with Crippen LogP contribution in [0.15, 0.2) is 65.8 Å². The van der Waals surface area contributed by atoms with Crippen LogP contribution in [0.1, 0.15) is 62.1 Å². The van der Waals surface area contributed by atoms with E-state index in [1.807, 2.05) is 60.5 Å². The fourth-order valence-electron chi connectivity index (χ4n) is 4.65. The molecule has 0 radical (unpaired) electrons. The number of fused-ring (bicyclic) bond motifs is 3. The van der Waals surface area contributed by atoms with Crippen LogP contribution in [-0.2, 0) is 0 Å². The first-order valence-electron chi connectivity index (χ1n) is 12.5. The highest BCUT2D eigenvalue weighted by molar-refractivity contribution is 6.30. The second-order valence-corrected chi connectivity index (χ2v) is 9.31. The van der Waals surface area contributed by atoms with Gasteiger partial charge < -0.3 is 18.9 Å². The van der Waals surface area contributed by atoms with Crippen molar-refractivity contribution < 1.29 is 18.9 Å². The lowest BCUT2D eigenvalue weighted by atomic mass is 9.96. The number of nitrogens with zero attached hydrogens (tertiary/aromatic N) is 2. The van der Waals surface area contributed by atoms with E-state index in [-0.39, 0.29) is 6.04 Å². The molecule has 0 aromatic heterocycles. The van der Waals surface area contributed by atoms with Crippen LogP contribution in [0.2, 0.25) is 5.02 Å². The van der Waals surface area contributed by atoms with Crippen molar-refractivity contribution >= 4 is 17.3 Å². The molecule has 3 aromatic carbocycles. The summed E-state index contributed by atoms with van der Waals surface area (Å²) in [6, 6.07) is 19.8. The van der Waals surface area contributed by atoms with Gasteiger partial charge in [0.1, 0.15) is 11.5 Å². The Balaban J connectivity index is 1.50. The molecule has 2 heterocycles. The summed E-state index contributed by atoms with van der Waals surface area (Å²) in [4.78, 5) is 0. The van der Waals surface area contributed by atoms with Crippen molar-refractivity contribution in [1.29, 1.82) is 0 Å². The van der Waals surface area contributed by atoms with E-state index in [0.29, 0.717) is 24.0 Å². The third-order valence-corrected chi connectivity index (χ3v) is 6.71. The third-order valence-electron chi connectivity index (χ3n) is 6.48. The maximum Gasteiger partial charge on any atom is 0.214 e. The first-order valence-corrected chi connectivity index (χ1v) is 12.8. The van der Waals surface area contributed by atoms with Crippen LogP contribution in [0.3, 0.4) is 0 Å². The normalized spacial score (nSPS) is 18.1. The Morgan fingerprint density at radius 3 is 2.58 bits per heavy atom. The molecule has 0 bridgehead atoms. The van der Waals surface area contributed by atoms with Gasteiger partial charge in [-0.3, -0.25) is 0 Å². The van der Waals surface area contributed by atoms with E-state index >= 15 is 0 Å². The van der Waals surface area contributed by atoms with Gasteiger partial charge >= 0.3 is 0 Å². The Morgan fingerprint density at radius 2 is 1.83 bits per heavy atom. The Hall–Kier alpha value is -3.38. The van der Waals surface area contributed by atoms with Gasteiger partial charge in [-0.05, 0) is 79.6 Å². The summed E-state index contributed by atoms with van der Waals surface area (Å²) in [6.45, 7) is 5.42. The predicted molar refractivity (Wildman–Crippen MR) is 142 cm³/mol. The molecule has 2 aliphatic rings. The number of benzene rings is 3. The van der Waals surface area contributed by atoms with E-state index < -0.39 is 6.23 Å². The van der Waals surface area contributed by atoms with Crippen molar-refractivity contribution in [1.82, 2.24) is 5.01 Å². The second-order valence-electron chi connectivity index (χ2n) is 8.87. The molecular formula is C29H31ClN2O4. The Kier molecular flexibility index (Phi) is 7.23. The lowest BCUT2D eigenvalue weighted by Gasteiger charge is -2.38. The highest BCUT2D eigenvalue weighted by atomic mass is 35.5. The molecule has 0 amide bonds. The van der Waals surface area contributed by atoms with E-state index in [1.165, 1.54) is 0 Å². The standard InChI is InChI=1S/C29H31ClN2O4/c1-4-6-15-35-27-13-9-20(16-28(27)33-3)29-32-25(23-17-21(30)10-14-26(23)36-29)18-24(31-32)19-7-11-22(12-8-19)34-5-2/h7-14,16-17,25,29H,4-6,15,18H2,1-3H3/t25-,29-/m1/s1. The lowest BCUT2D eigenvalue weighted by molar-refractivity contribution is -0.0191. The van der Waals surface area contributed by atoms with E-state index in [2.05, 4.69) is 19.1 Å². The van der Waals surface area contributed by atoms with Gasteiger partial charge in [-0.2, -0.15) is 5.10 Å². The lowest BCUT2D eigenvalue weighted by Crippen LogP contribution is -2.33. The second kappa shape index (κ2) is 10.7. The van der Waals surface area contributed by atoms with Gasteiger partial charge in [0.15, 0.2) is 11.5 Å². The van der Waals surface area contributed by atoms with Crippen LogP contribution >= 0.6 is 11.6 Å². The molecule has 0 unspecified atom stereocenters. The number of rotatable bonds is 9. The highest BCUT2D eigenvalue weighted by Crippen LogP contribution is 2.49. The maximum atomic E-state index is 6.50. The topological polar surface area (TPSA) is 52.5 Å². The molecule has 36 heavy (non-hydrogen) atoms. The van der Waals surface area contributed by atoms with Crippen molar-refractivity contribution in [2.45, 2.75) is 45.4 Å². The molecule has 0 saturated carbocycles. The summed E-state index contributed by atoms with van der Waals surface area (Å²) in [7, 11) is 1.66. The number of ether oxygens (including phenoxy) is 4. The van der Waals surface area contributed by atoms with E-state index in [4.69, 9.17) is 35.6 Å². The number of methoxy groups -OCH3 is 1. The Bertz CT molecular complexity index is 1240. The summed E-state index contributed by atoms with van der Waals surface area (Å²) in [5.41, 5.74) is 4.04. The van der Waals surface area contributed by atoms with E-state index in [1.54, 1.807) is 7.11 Å². The fraction of sp³-hybridized carbons (Fsp3) is 0.345. The molecule has 7 heteroatoms. The highest BCUT2D eigenvalue weighted by Gasteiger charge is 2.41. The number of unbranched alkanes of at least 4 members (excludes halogenated alkanes) is 1. The van der Waals surface area contributed by atoms with Crippen LogP contribution in [0.25, 0.3) is 0 Å². The SMILES string of the molecule is CCCCOc1ccc([C@H]2Oc3ccc(Cl)cc3[C@H]3CC(c4ccc(OCC)cc4)=NN32)cc1OC. The fourth-order valence-corrected chi connectivity index (χ4v) is 4.83. The molecule has 0 saturated heterocycles. The van der Waals surface area contributed by atoms with Crippen LogP contribution in [0, 0.1) is 0 Å². The van der Waals surface area contributed by atoms with Crippen LogP contribution in [-0.4, -0.2) is 31.0 Å². The summed E-state index contributed by atoms with van der Waals surface area (Å²) < 4.78 is 23.7. The molecule has 6 nitrogen and oxygen atoms in total. The van der Waals surface area contributed by atoms with Crippen molar-refractivity contribution in [3.63, 3.8) is 0 Å². The predicted octanol–water partition coefficient (Wildman–Crippen LogP) is 7.17. The first kappa shape index (κ1) is 24.3. The average Bonchev–Trinajstić information content (AvgIpc) is 3.35. The van der Waals surface area contributed by atoms with Gasteiger partial charge in [-0.25, -0.2) is 5.01 Å². The quantitative estimate of drug-likeness (QED) is 0.288. The largest absolute Gasteiger partial charge is 0.494 e. The molecule has 0 aliphatic carbocycles. The minimum Gasteiger partial charge on any atom is -0.494 e. The molecule has 5 rings (SSSR count). The van der Waals surface area contributed by atoms with Gasteiger partial charge in [0.05, 0.1) is 32.1 Å². The van der Waals surface area contributed by atoms with Crippen LogP contribution in [0.4, 0.5) is 0 Å². The van der Waals surface area contributed by atoms with Gasteiger partial charge in [-0.1, -0.05) is 24.9 Å². The summed E-state index contributed by atoms with van der Waals surface area (Å²) in [5.74, 6) is 3.08. The summed E-state index contributed by atoms with van der Waals surface area (Å²) in [5, 5.41) is 7.77. The number of hydrogen-bond donors (Lipinski definition) is 0. The van der Waals surface area contributed by atoms with Crippen LogP contribution < -0.4 is 18.9 Å². The minimum absolute atomic E-state index is 0.00509.